The van der Waals surface area contributed by atoms with Crippen molar-refractivity contribution in [3.05, 3.63) is 0 Å². The van der Waals surface area contributed by atoms with Crippen LogP contribution in [0.1, 0.15) is 12.8 Å². The number of rotatable bonds is 2. The van der Waals surface area contributed by atoms with Gasteiger partial charge in [0, 0.05) is 5.75 Å². The van der Waals surface area contributed by atoms with E-state index in [9.17, 15) is 0 Å². The van der Waals surface area contributed by atoms with Crippen molar-refractivity contribution in [1.82, 2.24) is 0 Å². The smallest absolute Gasteiger partial charge is 0.0698 e. The first-order valence-electron chi connectivity index (χ1n) is 2.73. The number of hydrogen-bond donors (Lipinski definition) is 0. The topological polar surface area (TPSA) is 23.8 Å². The Morgan fingerprint density at radius 2 is 2.38 bits per heavy atom. The molecule has 1 saturated carbocycles. The summed E-state index contributed by atoms with van der Waals surface area (Å²) in [6.07, 6.45) is 4.31. The summed E-state index contributed by atoms with van der Waals surface area (Å²) in [5, 5.41) is 8.52. The maximum atomic E-state index is 8.52. The predicted molar refractivity (Wildman–Crippen MR) is 35.7 cm³/mol. The molecule has 0 aliphatic heterocycles. The summed E-state index contributed by atoms with van der Waals surface area (Å²) in [5.74, 6) is 1.03. The lowest BCUT2D eigenvalue weighted by molar-refractivity contribution is 0.783. The van der Waals surface area contributed by atoms with Gasteiger partial charge in [0.2, 0.25) is 0 Å². The first kappa shape index (κ1) is 5.97. The Bertz CT molecular complexity index is 121. The molecule has 0 N–H and O–H groups in total. The lowest BCUT2D eigenvalue weighted by Crippen LogP contribution is -1.97. The molecule has 1 aliphatic rings. The van der Waals surface area contributed by atoms with Crippen molar-refractivity contribution in [1.29, 1.82) is 5.26 Å². The van der Waals surface area contributed by atoms with E-state index in [1.165, 1.54) is 0 Å². The molecule has 1 fully saturated rings. The van der Waals surface area contributed by atoms with Crippen molar-refractivity contribution in [2.24, 2.45) is 5.41 Å². The van der Waals surface area contributed by atoms with Crippen molar-refractivity contribution >= 4 is 11.8 Å². The second kappa shape index (κ2) is 1.99. The van der Waals surface area contributed by atoms with Gasteiger partial charge in [0.15, 0.2) is 0 Å². The molecule has 44 valence electrons. The van der Waals surface area contributed by atoms with Gasteiger partial charge in [-0.2, -0.15) is 17.0 Å². The van der Waals surface area contributed by atoms with Crippen molar-refractivity contribution in [3.63, 3.8) is 0 Å². The highest BCUT2D eigenvalue weighted by Crippen LogP contribution is 2.46. The Hall–Kier alpha value is -0.160. The molecule has 0 aromatic heterocycles. The molecule has 1 aliphatic carbocycles. The molecule has 1 rings (SSSR count). The molecule has 0 atom stereocenters. The molecule has 0 amide bonds. The van der Waals surface area contributed by atoms with Crippen LogP contribution < -0.4 is 0 Å². The highest BCUT2D eigenvalue weighted by Gasteiger charge is 2.42. The van der Waals surface area contributed by atoms with Crippen molar-refractivity contribution < 1.29 is 0 Å². The minimum Gasteiger partial charge on any atom is -0.198 e. The van der Waals surface area contributed by atoms with Gasteiger partial charge in [-0.05, 0) is 19.1 Å². The average Bonchev–Trinajstić information content (AvgIpc) is 2.50. The van der Waals surface area contributed by atoms with Crippen molar-refractivity contribution in [2.45, 2.75) is 12.8 Å². The standard InChI is InChI=1S/C6H9NS/c1-8-5-6(4-7)2-3-6/h2-3,5H2,1H3. The SMILES string of the molecule is CSCC1(C#N)CC1. The molecular formula is C6H9NS. The highest BCUT2D eigenvalue weighted by molar-refractivity contribution is 7.98. The summed E-state index contributed by atoms with van der Waals surface area (Å²) in [5.41, 5.74) is 0.111. The molecule has 0 radical (unpaired) electrons. The van der Waals surface area contributed by atoms with E-state index in [0.29, 0.717) is 0 Å². The molecule has 0 aromatic carbocycles. The van der Waals surface area contributed by atoms with E-state index in [1.54, 1.807) is 11.8 Å². The van der Waals surface area contributed by atoms with Crippen molar-refractivity contribution in [3.8, 4) is 6.07 Å². The number of hydrogen-bond acceptors (Lipinski definition) is 2. The summed E-state index contributed by atoms with van der Waals surface area (Å²) in [6.45, 7) is 0. The van der Waals surface area contributed by atoms with E-state index in [2.05, 4.69) is 12.3 Å². The molecule has 1 nitrogen and oxygen atoms in total. The van der Waals surface area contributed by atoms with Crippen LogP contribution in [0.2, 0.25) is 0 Å². The molecule has 0 saturated heterocycles. The van der Waals surface area contributed by atoms with E-state index >= 15 is 0 Å². The summed E-state index contributed by atoms with van der Waals surface area (Å²) < 4.78 is 0. The second-order valence-electron chi connectivity index (χ2n) is 2.33. The number of thioether (sulfide) groups is 1. The van der Waals surface area contributed by atoms with E-state index in [1.807, 2.05) is 0 Å². The molecule has 0 aromatic rings. The van der Waals surface area contributed by atoms with Crippen LogP contribution in [0.4, 0.5) is 0 Å². The minimum atomic E-state index is 0.111. The maximum absolute atomic E-state index is 8.52. The zero-order chi connectivity index (χ0) is 6.04. The quantitative estimate of drug-likeness (QED) is 0.563. The van der Waals surface area contributed by atoms with Crippen LogP contribution >= 0.6 is 11.8 Å². The third-order valence-electron chi connectivity index (χ3n) is 1.51. The Morgan fingerprint density at radius 1 is 1.75 bits per heavy atom. The number of nitriles is 1. The monoisotopic (exact) mass is 127 g/mol. The molecule has 0 spiro atoms. The fraction of sp³-hybridized carbons (Fsp3) is 0.833. The number of nitrogens with zero attached hydrogens (tertiary/aromatic N) is 1. The van der Waals surface area contributed by atoms with E-state index in [4.69, 9.17) is 5.26 Å². The summed E-state index contributed by atoms with van der Waals surface area (Å²) >= 11 is 1.77. The van der Waals surface area contributed by atoms with E-state index in [-0.39, 0.29) is 5.41 Å². The van der Waals surface area contributed by atoms with Gasteiger partial charge in [-0.25, -0.2) is 0 Å². The van der Waals surface area contributed by atoms with Gasteiger partial charge >= 0.3 is 0 Å². The largest absolute Gasteiger partial charge is 0.198 e. The van der Waals surface area contributed by atoms with Crippen LogP contribution in [0.5, 0.6) is 0 Å². The Balaban J connectivity index is 2.33. The van der Waals surface area contributed by atoms with Gasteiger partial charge in [-0.3, -0.25) is 0 Å². The Morgan fingerprint density at radius 3 is 2.50 bits per heavy atom. The first-order chi connectivity index (χ1) is 3.83. The van der Waals surface area contributed by atoms with Crippen LogP contribution in [0.3, 0.4) is 0 Å². The van der Waals surface area contributed by atoms with Gasteiger partial charge in [0.25, 0.3) is 0 Å². The van der Waals surface area contributed by atoms with Gasteiger partial charge in [0.1, 0.15) is 0 Å². The fourth-order valence-electron chi connectivity index (χ4n) is 0.716. The molecule has 0 heterocycles. The summed E-state index contributed by atoms with van der Waals surface area (Å²) in [4.78, 5) is 0. The zero-order valence-corrected chi connectivity index (χ0v) is 5.79. The summed E-state index contributed by atoms with van der Waals surface area (Å²) in [7, 11) is 0. The van der Waals surface area contributed by atoms with Crippen LogP contribution in [0.25, 0.3) is 0 Å². The molecular weight excluding hydrogens is 118 g/mol. The third-order valence-corrected chi connectivity index (χ3v) is 2.35. The zero-order valence-electron chi connectivity index (χ0n) is 4.98. The van der Waals surface area contributed by atoms with Gasteiger partial charge in [0.05, 0.1) is 11.5 Å². The fourth-order valence-corrected chi connectivity index (χ4v) is 1.62. The molecule has 8 heavy (non-hydrogen) atoms. The van der Waals surface area contributed by atoms with Gasteiger partial charge in [-0.15, -0.1) is 0 Å². The van der Waals surface area contributed by atoms with E-state index in [0.717, 1.165) is 18.6 Å². The predicted octanol–water partition coefficient (Wildman–Crippen LogP) is 1.65. The van der Waals surface area contributed by atoms with Gasteiger partial charge < -0.3 is 0 Å². The third kappa shape index (κ3) is 0.976. The van der Waals surface area contributed by atoms with Crippen molar-refractivity contribution in [2.75, 3.05) is 12.0 Å². The lowest BCUT2D eigenvalue weighted by Gasteiger charge is -1.97. The Labute approximate surface area is 54.1 Å². The lowest BCUT2D eigenvalue weighted by atomic mass is 10.2. The van der Waals surface area contributed by atoms with Crippen LogP contribution in [-0.2, 0) is 0 Å². The molecule has 2 heteroatoms. The minimum absolute atomic E-state index is 0.111. The molecule has 0 unspecified atom stereocenters. The highest BCUT2D eigenvalue weighted by atomic mass is 32.2. The maximum Gasteiger partial charge on any atom is 0.0698 e. The van der Waals surface area contributed by atoms with Gasteiger partial charge in [-0.1, -0.05) is 0 Å². The normalized spacial score (nSPS) is 22.0. The van der Waals surface area contributed by atoms with Crippen LogP contribution in [0, 0.1) is 16.7 Å². The second-order valence-corrected chi connectivity index (χ2v) is 3.19. The Kier molecular flexibility index (Phi) is 1.48. The van der Waals surface area contributed by atoms with Crippen LogP contribution in [0.15, 0.2) is 0 Å². The molecule has 0 bridgehead atoms. The first-order valence-corrected chi connectivity index (χ1v) is 4.13. The van der Waals surface area contributed by atoms with Crippen LogP contribution in [-0.4, -0.2) is 12.0 Å². The summed E-state index contributed by atoms with van der Waals surface area (Å²) in [6, 6.07) is 2.33. The van der Waals surface area contributed by atoms with E-state index < -0.39 is 0 Å². The average molecular weight is 127 g/mol.